The van der Waals surface area contributed by atoms with E-state index < -0.39 is 11.1 Å². The van der Waals surface area contributed by atoms with Gasteiger partial charge in [-0.25, -0.2) is 0 Å². The van der Waals surface area contributed by atoms with Crippen molar-refractivity contribution < 1.29 is 0 Å². The summed E-state index contributed by atoms with van der Waals surface area (Å²) >= 11 is 3.72. The molecular formula is C13H13BrN2O2. The van der Waals surface area contributed by atoms with Gasteiger partial charge in [-0.1, -0.05) is 28.4 Å². The molecule has 3 rings (SSSR count). The summed E-state index contributed by atoms with van der Waals surface area (Å²) in [4.78, 5) is 28.0. The van der Waals surface area contributed by atoms with E-state index in [1.165, 1.54) is 19.3 Å². The number of hydrogen-bond acceptors (Lipinski definition) is 2. The van der Waals surface area contributed by atoms with Crippen LogP contribution in [0.1, 0.15) is 29.7 Å². The zero-order chi connectivity index (χ0) is 12.7. The number of rotatable bonds is 2. The molecule has 1 aliphatic carbocycles. The van der Waals surface area contributed by atoms with Gasteiger partial charge in [0, 0.05) is 4.83 Å². The van der Waals surface area contributed by atoms with Crippen LogP contribution in [-0.2, 0) is 0 Å². The number of aromatic amines is 2. The van der Waals surface area contributed by atoms with Gasteiger partial charge < -0.3 is 9.97 Å². The second-order valence-electron chi connectivity index (χ2n) is 4.81. The quantitative estimate of drug-likeness (QED) is 0.661. The highest BCUT2D eigenvalue weighted by Crippen LogP contribution is 2.43. The van der Waals surface area contributed by atoms with Crippen LogP contribution in [0, 0.1) is 5.92 Å². The van der Waals surface area contributed by atoms with E-state index >= 15 is 0 Å². The maximum Gasteiger partial charge on any atom is 0.314 e. The van der Waals surface area contributed by atoms with E-state index in [9.17, 15) is 9.59 Å². The number of fused-ring (bicyclic) bond motifs is 1. The van der Waals surface area contributed by atoms with Crippen LogP contribution < -0.4 is 11.1 Å². The predicted octanol–water partition coefficient (Wildman–Crippen LogP) is 2.45. The highest BCUT2D eigenvalue weighted by atomic mass is 79.9. The first kappa shape index (κ1) is 11.7. The fraction of sp³-hybridized carbons (Fsp3) is 0.385. The molecule has 0 amide bonds. The molecule has 0 saturated heterocycles. The first-order chi connectivity index (χ1) is 8.65. The lowest BCUT2D eigenvalue weighted by Crippen LogP contribution is -2.29. The summed E-state index contributed by atoms with van der Waals surface area (Å²) in [5.74, 6) is 0.678. The molecule has 1 atom stereocenters. The average molecular weight is 309 g/mol. The second-order valence-corrected chi connectivity index (χ2v) is 5.79. The molecule has 2 aromatic rings. The molecule has 1 heterocycles. The van der Waals surface area contributed by atoms with Crippen LogP contribution in [0.2, 0.25) is 0 Å². The lowest BCUT2D eigenvalue weighted by atomic mass is 9.81. The van der Waals surface area contributed by atoms with Gasteiger partial charge in [-0.3, -0.25) is 9.59 Å². The van der Waals surface area contributed by atoms with Gasteiger partial charge in [0.1, 0.15) is 0 Å². The fourth-order valence-electron chi connectivity index (χ4n) is 2.31. The van der Waals surface area contributed by atoms with E-state index in [1.807, 2.05) is 18.2 Å². The first-order valence-corrected chi connectivity index (χ1v) is 6.97. The van der Waals surface area contributed by atoms with Crippen LogP contribution in [0.15, 0.2) is 27.8 Å². The van der Waals surface area contributed by atoms with Gasteiger partial charge in [-0.05, 0) is 36.5 Å². The minimum atomic E-state index is -0.607. The van der Waals surface area contributed by atoms with E-state index in [1.54, 1.807) is 0 Å². The van der Waals surface area contributed by atoms with Crippen molar-refractivity contribution in [3.8, 4) is 0 Å². The van der Waals surface area contributed by atoms with E-state index in [0.717, 1.165) is 5.56 Å². The molecule has 1 aliphatic rings. The van der Waals surface area contributed by atoms with Crippen LogP contribution in [0.4, 0.5) is 0 Å². The zero-order valence-electron chi connectivity index (χ0n) is 9.70. The van der Waals surface area contributed by atoms with Crippen molar-refractivity contribution in [1.82, 2.24) is 9.97 Å². The van der Waals surface area contributed by atoms with E-state index in [2.05, 4.69) is 25.9 Å². The third-order valence-electron chi connectivity index (χ3n) is 3.63. The minimum Gasteiger partial charge on any atom is -0.316 e. The highest BCUT2D eigenvalue weighted by molar-refractivity contribution is 9.09. The summed E-state index contributed by atoms with van der Waals surface area (Å²) in [6, 6.07) is 5.77. The Morgan fingerprint density at radius 1 is 1.11 bits per heavy atom. The summed E-state index contributed by atoms with van der Waals surface area (Å²) in [5, 5.41) is 0. The number of H-pyrrole nitrogens is 2. The topological polar surface area (TPSA) is 65.7 Å². The predicted molar refractivity (Wildman–Crippen MR) is 74.2 cm³/mol. The van der Waals surface area contributed by atoms with Crippen molar-refractivity contribution >= 4 is 27.0 Å². The van der Waals surface area contributed by atoms with Crippen molar-refractivity contribution in [2.24, 2.45) is 5.92 Å². The maximum absolute atomic E-state index is 11.3. The molecule has 1 saturated carbocycles. The van der Waals surface area contributed by atoms with Crippen molar-refractivity contribution in [3.63, 3.8) is 0 Å². The Hall–Kier alpha value is -1.36. The molecule has 18 heavy (non-hydrogen) atoms. The zero-order valence-corrected chi connectivity index (χ0v) is 11.3. The Morgan fingerprint density at radius 2 is 1.78 bits per heavy atom. The molecule has 0 spiro atoms. The Labute approximate surface area is 112 Å². The molecule has 4 nitrogen and oxygen atoms in total. The Morgan fingerprint density at radius 3 is 2.39 bits per heavy atom. The fourth-order valence-corrected chi connectivity index (χ4v) is 3.12. The number of nitrogens with one attached hydrogen (secondary N) is 2. The second kappa shape index (κ2) is 4.39. The van der Waals surface area contributed by atoms with Crippen LogP contribution in [0.25, 0.3) is 11.0 Å². The number of aromatic nitrogens is 2. The van der Waals surface area contributed by atoms with Crippen molar-refractivity contribution in [1.29, 1.82) is 0 Å². The lowest BCUT2D eigenvalue weighted by molar-refractivity contribution is 0.312. The molecular weight excluding hydrogens is 296 g/mol. The Kier molecular flexibility index (Phi) is 2.86. The van der Waals surface area contributed by atoms with E-state index in [0.29, 0.717) is 21.8 Å². The molecule has 0 radical (unpaired) electrons. The Bertz CT molecular complexity index is 700. The average Bonchev–Trinajstić information content (AvgIpc) is 2.27. The first-order valence-electron chi connectivity index (χ1n) is 6.05. The number of alkyl halides is 1. The number of benzene rings is 1. The molecule has 1 aromatic heterocycles. The standard InChI is InChI=1S/C13H13BrN2O2/c14-11(7-2-1-3-7)8-4-5-9-10(6-8)16-13(18)12(17)15-9/h4-7,11H,1-3H2,(H,15,17)(H,16,18). The molecule has 0 aliphatic heterocycles. The lowest BCUT2D eigenvalue weighted by Gasteiger charge is -2.30. The van der Waals surface area contributed by atoms with Crippen molar-refractivity contribution in [2.45, 2.75) is 24.1 Å². The van der Waals surface area contributed by atoms with E-state index in [4.69, 9.17) is 0 Å². The molecule has 1 unspecified atom stereocenters. The van der Waals surface area contributed by atoms with Gasteiger partial charge in [0.25, 0.3) is 0 Å². The summed E-state index contributed by atoms with van der Waals surface area (Å²) < 4.78 is 0. The molecule has 0 bridgehead atoms. The number of halogens is 1. The summed E-state index contributed by atoms with van der Waals surface area (Å²) in [5.41, 5.74) is 1.28. The minimum absolute atomic E-state index is 0.325. The molecule has 2 N–H and O–H groups in total. The van der Waals surface area contributed by atoms with Gasteiger partial charge in [0.15, 0.2) is 0 Å². The summed E-state index contributed by atoms with van der Waals surface area (Å²) in [7, 11) is 0. The van der Waals surface area contributed by atoms with E-state index in [-0.39, 0.29) is 0 Å². The van der Waals surface area contributed by atoms with Crippen molar-refractivity contribution in [3.05, 3.63) is 44.5 Å². The SMILES string of the molecule is O=c1[nH]c2ccc(C(Br)C3CCC3)cc2[nH]c1=O. The Balaban J connectivity index is 2.07. The summed E-state index contributed by atoms with van der Waals surface area (Å²) in [6.07, 6.45) is 3.79. The monoisotopic (exact) mass is 308 g/mol. The molecule has 1 aromatic carbocycles. The van der Waals surface area contributed by atoms with Gasteiger partial charge >= 0.3 is 11.1 Å². The summed E-state index contributed by atoms with van der Waals surface area (Å²) in [6.45, 7) is 0. The van der Waals surface area contributed by atoms with Gasteiger partial charge in [-0.2, -0.15) is 0 Å². The third-order valence-corrected chi connectivity index (χ3v) is 4.90. The number of hydrogen-bond donors (Lipinski definition) is 2. The largest absolute Gasteiger partial charge is 0.316 e. The smallest absolute Gasteiger partial charge is 0.314 e. The highest BCUT2D eigenvalue weighted by Gasteiger charge is 2.26. The van der Waals surface area contributed by atoms with Crippen molar-refractivity contribution in [2.75, 3.05) is 0 Å². The molecule has 5 heteroatoms. The van der Waals surface area contributed by atoms with Crippen LogP contribution >= 0.6 is 15.9 Å². The van der Waals surface area contributed by atoms with Crippen LogP contribution in [0.3, 0.4) is 0 Å². The van der Waals surface area contributed by atoms with Gasteiger partial charge in [0.2, 0.25) is 0 Å². The van der Waals surface area contributed by atoms with Gasteiger partial charge in [0.05, 0.1) is 11.0 Å². The molecule has 1 fully saturated rings. The van der Waals surface area contributed by atoms with Gasteiger partial charge in [-0.15, -0.1) is 0 Å². The maximum atomic E-state index is 11.3. The third kappa shape index (κ3) is 1.92. The molecule has 94 valence electrons. The normalized spacial score (nSPS) is 17.6. The van der Waals surface area contributed by atoms with Crippen LogP contribution in [-0.4, -0.2) is 9.97 Å². The van der Waals surface area contributed by atoms with Crippen LogP contribution in [0.5, 0.6) is 0 Å².